The van der Waals surface area contributed by atoms with Gasteiger partial charge in [-0.3, -0.25) is 9.69 Å². The Bertz CT molecular complexity index is 1150. The third-order valence-electron chi connectivity index (χ3n) is 6.12. The van der Waals surface area contributed by atoms with Crippen LogP contribution in [-0.2, 0) is 16.0 Å². The molecule has 5 rings (SSSR count). The maximum atomic E-state index is 14.5. The minimum atomic E-state index is -1.02. The molecule has 156 valence electrons. The van der Waals surface area contributed by atoms with Crippen molar-refractivity contribution in [2.24, 2.45) is 5.92 Å². The smallest absolute Gasteiger partial charge is 0.414 e. The number of carbonyl (C=O) groups excluding carboxylic acids is 1. The molecule has 0 bridgehead atoms. The fourth-order valence-corrected chi connectivity index (χ4v) is 4.67. The molecule has 2 aliphatic rings. The van der Waals surface area contributed by atoms with Crippen LogP contribution in [0.1, 0.15) is 22.6 Å². The molecule has 31 heavy (non-hydrogen) atoms. The molecule has 1 aliphatic heterocycles. The first-order chi connectivity index (χ1) is 15.0. The molecule has 3 aromatic rings. The molecule has 0 fully saturated rings. The van der Waals surface area contributed by atoms with Gasteiger partial charge in [0.1, 0.15) is 12.4 Å². The van der Waals surface area contributed by atoms with Gasteiger partial charge in [-0.05, 0) is 40.3 Å². The normalized spacial score (nSPS) is 16.9. The van der Waals surface area contributed by atoms with E-state index in [9.17, 15) is 19.1 Å². The lowest BCUT2D eigenvalue weighted by atomic mass is 9.92. The van der Waals surface area contributed by atoms with Gasteiger partial charge in [-0.2, -0.15) is 0 Å². The number of benzene rings is 3. The third kappa shape index (κ3) is 3.24. The number of ether oxygens (including phenoxy) is 1. The molecule has 1 atom stereocenters. The van der Waals surface area contributed by atoms with Crippen molar-refractivity contribution in [1.82, 2.24) is 0 Å². The predicted molar refractivity (Wildman–Crippen MR) is 114 cm³/mol. The number of para-hydroxylation sites is 1. The van der Waals surface area contributed by atoms with Crippen molar-refractivity contribution in [2.75, 3.05) is 18.1 Å². The number of hydrogen-bond acceptors (Lipinski definition) is 3. The Balaban J connectivity index is 1.42. The van der Waals surface area contributed by atoms with Gasteiger partial charge in [0.05, 0.1) is 11.6 Å². The van der Waals surface area contributed by atoms with E-state index in [1.165, 1.54) is 12.1 Å². The van der Waals surface area contributed by atoms with Crippen LogP contribution < -0.4 is 4.90 Å². The van der Waals surface area contributed by atoms with E-state index in [0.717, 1.165) is 27.2 Å². The quantitative estimate of drug-likeness (QED) is 0.662. The summed E-state index contributed by atoms with van der Waals surface area (Å²) >= 11 is 0. The lowest BCUT2D eigenvalue weighted by Gasteiger charge is -2.32. The lowest BCUT2D eigenvalue weighted by Crippen LogP contribution is -2.43. The zero-order valence-electron chi connectivity index (χ0n) is 16.6. The first-order valence-electron chi connectivity index (χ1n) is 10.2. The van der Waals surface area contributed by atoms with Crippen molar-refractivity contribution in [3.8, 4) is 11.1 Å². The van der Waals surface area contributed by atoms with Crippen LogP contribution in [-0.4, -0.2) is 30.3 Å². The Morgan fingerprint density at radius 1 is 0.968 bits per heavy atom. The number of nitrogens with zero attached hydrogens (tertiary/aromatic N) is 1. The van der Waals surface area contributed by atoms with Crippen molar-refractivity contribution in [3.05, 3.63) is 89.2 Å². The van der Waals surface area contributed by atoms with Crippen molar-refractivity contribution in [3.63, 3.8) is 0 Å². The maximum Gasteiger partial charge on any atom is 0.414 e. The molecular formula is C25H20FNO4. The number of halogens is 1. The minimum absolute atomic E-state index is 0.0882. The van der Waals surface area contributed by atoms with Gasteiger partial charge < -0.3 is 9.84 Å². The van der Waals surface area contributed by atoms with Crippen molar-refractivity contribution in [2.45, 2.75) is 12.3 Å². The van der Waals surface area contributed by atoms with Gasteiger partial charge in [-0.25, -0.2) is 9.18 Å². The van der Waals surface area contributed by atoms with Crippen LogP contribution in [0.2, 0.25) is 0 Å². The Morgan fingerprint density at radius 2 is 1.61 bits per heavy atom. The van der Waals surface area contributed by atoms with Crippen LogP contribution in [0.25, 0.3) is 11.1 Å². The van der Waals surface area contributed by atoms with Crippen LogP contribution in [0.15, 0.2) is 66.7 Å². The number of hydrogen-bond donors (Lipinski definition) is 1. The van der Waals surface area contributed by atoms with Crippen LogP contribution in [0.4, 0.5) is 14.9 Å². The number of fused-ring (bicyclic) bond motifs is 4. The summed E-state index contributed by atoms with van der Waals surface area (Å²) in [4.78, 5) is 25.7. The highest BCUT2D eigenvalue weighted by Crippen LogP contribution is 2.44. The van der Waals surface area contributed by atoms with Crippen LogP contribution in [0, 0.1) is 11.7 Å². The van der Waals surface area contributed by atoms with Crippen molar-refractivity contribution < 1.29 is 23.8 Å². The first-order valence-corrected chi connectivity index (χ1v) is 10.2. The van der Waals surface area contributed by atoms with E-state index < -0.39 is 23.8 Å². The highest BCUT2D eigenvalue weighted by molar-refractivity contribution is 5.91. The van der Waals surface area contributed by atoms with Gasteiger partial charge in [-0.15, -0.1) is 0 Å². The second-order valence-corrected chi connectivity index (χ2v) is 7.90. The summed E-state index contributed by atoms with van der Waals surface area (Å²) in [7, 11) is 0. The molecule has 3 aromatic carbocycles. The number of carboxylic acids is 1. The number of anilines is 1. The second kappa shape index (κ2) is 7.54. The Labute approximate surface area is 178 Å². The molecule has 1 amide bonds. The van der Waals surface area contributed by atoms with E-state index in [2.05, 4.69) is 0 Å². The predicted octanol–water partition coefficient (Wildman–Crippen LogP) is 4.84. The second-order valence-electron chi connectivity index (χ2n) is 7.90. The minimum Gasteiger partial charge on any atom is -0.481 e. The summed E-state index contributed by atoms with van der Waals surface area (Å²) in [6.45, 7) is -0.0369. The van der Waals surface area contributed by atoms with Crippen molar-refractivity contribution >= 4 is 17.7 Å². The average molecular weight is 417 g/mol. The molecule has 0 radical (unpaired) electrons. The molecule has 0 saturated carbocycles. The average Bonchev–Trinajstić information content (AvgIpc) is 3.10. The summed E-state index contributed by atoms with van der Waals surface area (Å²) in [6, 6.07) is 20.4. The van der Waals surface area contributed by atoms with Gasteiger partial charge in [0.15, 0.2) is 0 Å². The van der Waals surface area contributed by atoms with Gasteiger partial charge in [0.25, 0.3) is 0 Å². The summed E-state index contributed by atoms with van der Waals surface area (Å²) in [6.07, 6.45) is -0.561. The molecule has 1 unspecified atom stereocenters. The monoisotopic (exact) mass is 417 g/mol. The highest BCUT2D eigenvalue weighted by atomic mass is 19.1. The topological polar surface area (TPSA) is 66.8 Å². The van der Waals surface area contributed by atoms with E-state index in [4.69, 9.17) is 4.74 Å². The van der Waals surface area contributed by atoms with Gasteiger partial charge in [0, 0.05) is 12.5 Å². The zero-order valence-corrected chi connectivity index (χ0v) is 16.6. The molecular weight excluding hydrogens is 397 g/mol. The Hall–Kier alpha value is -3.67. The van der Waals surface area contributed by atoms with Crippen LogP contribution >= 0.6 is 0 Å². The molecule has 1 N–H and O–H groups in total. The standard InChI is InChI=1S/C25H20FNO4/c26-22-11-5-6-15-12-16(24(28)29)13-27(23(15)22)25(30)31-14-21-19-9-3-1-7-17(19)18-8-2-4-10-20(18)21/h1-11,16,21H,12-14H2,(H,28,29). The number of carbonyl (C=O) groups is 2. The van der Waals surface area contributed by atoms with Gasteiger partial charge in [0.2, 0.25) is 0 Å². The van der Waals surface area contributed by atoms with Crippen LogP contribution in [0.3, 0.4) is 0 Å². The third-order valence-corrected chi connectivity index (χ3v) is 6.12. The Kier molecular flexibility index (Phi) is 4.70. The summed E-state index contributed by atoms with van der Waals surface area (Å²) in [5, 5.41) is 9.48. The molecule has 6 heteroatoms. The van der Waals surface area contributed by atoms with Crippen LogP contribution in [0.5, 0.6) is 0 Å². The molecule has 0 saturated heterocycles. The van der Waals surface area contributed by atoms with Gasteiger partial charge >= 0.3 is 12.1 Å². The van der Waals surface area contributed by atoms with E-state index in [1.807, 2.05) is 48.5 Å². The largest absolute Gasteiger partial charge is 0.481 e. The van der Waals surface area contributed by atoms with Gasteiger partial charge in [-0.1, -0.05) is 60.7 Å². The maximum absolute atomic E-state index is 14.5. The fraction of sp³-hybridized carbons (Fsp3) is 0.200. The molecule has 0 spiro atoms. The molecule has 1 aliphatic carbocycles. The van der Waals surface area contributed by atoms with Crippen molar-refractivity contribution in [1.29, 1.82) is 0 Å². The SMILES string of the molecule is O=C(O)C1Cc2cccc(F)c2N(C(=O)OCC2c3ccccc3-c3ccccc32)C1. The first kappa shape index (κ1) is 19.3. The van der Waals surface area contributed by atoms with E-state index in [-0.39, 0.29) is 31.2 Å². The lowest BCUT2D eigenvalue weighted by molar-refractivity contribution is -0.141. The van der Waals surface area contributed by atoms with E-state index >= 15 is 0 Å². The highest BCUT2D eigenvalue weighted by Gasteiger charge is 2.36. The summed E-state index contributed by atoms with van der Waals surface area (Å²) in [5.74, 6) is -2.52. The number of aliphatic carboxylic acids is 1. The fourth-order valence-electron chi connectivity index (χ4n) is 4.67. The summed E-state index contributed by atoms with van der Waals surface area (Å²) in [5.41, 5.74) is 4.97. The van der Waals surface area contributed by atoms with E-state index in [0.29, 0.717) is 5.56 Å². The number of rotatable bonds is 3. The van der Waals surface area contributed by atoms with E-state index in [1.54, 1.807) is 6.07 Å². The number of carboxylic acid groups (broad SMARTS) is 1. The Morgan fingerprint density at radius 3 is 2.26 bits per heavy atom. The molecule has 0 aromatic heterocycles. The zero-order chi connectivity index (χ0) is 21.5. The molecule has 1 heterocycles. The summed E-state index contributed by atoms with van der Waals surface area (Å²) < 4.78 is 20.2. The number of amides is 1. The molecule has 5 nitrogen and oxygen atoms in total.